The molecule has 196 valence electrons. The summed E-state index contributed by atoms with van der Waals surface area (Å²) in [5.41, 5.74) is -0.381. The first-order valence-electron chi connectivity index (χ1n) is 11.9. The number of hydrogen-bond acceptors (Lipinski definition) is 6. The van der Waals surface area contributed by atoms with Crippen molar-refractivity contribution >= 4 is 18.6 Å². The van der Waals surface area contributed by atoms with E-state index in [1.807, 2.05) is 34.9 Å². The fourth-order valence-corrected chi connectivity index (χ4v) is 2.72. The third kappa shape index (κ3) is 34.8. The van der Waals surface area contributed by atoms with Crippen LogP contribution in [0.5, 0.6) is 0 Å². The summed E-state index contributed by atoms with van der Waals surface area (Å²) in [4.78, 5) is 31.8. The zero-order chi connectivity index (χ0) is 26.4. The van der Waals surface area contributed by atoms with Gasteiger partial charge in [-0.25, -0.2) is 0 Å². The van der Waals surface area contributed by atoms with Crippen LogP contribution in [0, 0.1) is 18.3 Å². The molecule has 0 aromatic rings. The SMILES string of the molecule is C#C.C1CCCCC1.C1CCNC1.CC(C)(C)C(NC=O)C(=O)NCC=O.CCO.CNC. The predicted molar refractivity (Wildman–Crippen MR) is 139 cm³/mol. The molecule has 2 aliphatic rings. The number of aliphatic hydroxyl groups excluding tert-OH is 1. The Morgan fingerprint density at radius 3 is 1.55 bits per heavy atom. The molecule has 0 spiro atoms. The van der Waals surface area contributed by atoms with Crippen LogP contribution < -0.4 is 21.3 Å². The topological polar surface area (TPSA) is 120 Å². The molecule has 1 saturated heterocycles. The maximum absolute atomic E-state index is 11.4. The van der Waals surface area contributed by atoms with Crippen LogP contribution in [0.15, 0.2) is 0 Å². The molecule has 0 aromatic heterocycles. The molecule has 2 amide bonds. The van der Waals surface area contributed by atoms with Gasteiger partial charge in [-0.3, -0.25) is 9.59 Å². The van der Waals surface area contributed by atoms with Crippen molar-refractivity contribution in [1.82, 2.24) is 21.3 Å². The lowest BCUT2D eigenvalue weighted by atomic mass is 9.86. The molecule has 8 nitrogen and oxygen atoms in total. The van der Waals surface area contributed by atoms with E-state index in [9.17, 15) is 14.4 Å². The summed E-state index contributed by atoms with van der Waals surface area (Å²) in [7, 11) is 3.75. The van der Waals surface area contributed by atoms with E-state index < -0.39 is 6.04 Å². The molecule has 5 N–H and O–H groups in total. The Morgan fingerprint density at radius 1 is 0.970 bits per heavy atom. The summed E-state index contributed by atoms with van der Waals surface area (Å²) in [6.07, 6.45) is 20.9. The van der Waals surface area contributed by atoms with Crippen molar-refractivity contribution in [3.8, 4) is 12.8 Å². The van der Waals surface area contributed by atoms with Gasteiger partial charge >= 0.3 is 0 Å². The van der Waals surface area contributed by atoms with Gasteiger partial charge in [-0.15, -0.1) is 12.8 Å². The summed E-state index contributed by atoms with van der Waals surface area (Å²) < 4.78 is 0. The third-order valence-electron chi connectivity index (χ3n) is 4.18. The molecule has 1 unspecified atom stereocenters. The van der Waals surface area contributed by atoms with Crippen LogP contribution in [0.1, 0.15) is 79.1 Å². The first-order valence-corrected chi connectivity index (χ1v) is 11.9. The van der Waals surface area contributed by atoms with E-state index in [-0.39, 0.29) is 24.5 Å². The van der Waals surface area contributed by atoms with Crippen LogP contribution >= 0.6 is 0 Å². The molecule has 1 aliphatic carbocycles. The summed E-state index contributed by atoms with van der Waals surface area (Å²) in [6.45, 7) is 9.88. The Balaban J connectivity index is -0.000000181. The van der Waals surface area contributed by atoms with Crippen LogP contribution in [-0.2, 0) is 14.4 Å². The molecular formula is C25H52N4O4. The van der Waals surface area contributed by atoms with E-state index in [0.717, 1.165) is 0 Å². The largest absolute Gasteiger partial charge is 0.397 e. The van der Waals surface area contributed by atoms with E-state index in [4.69, 9.17) is 5.11 Å². The monoisotopic (exact) mass is 472 g/mol. The van der Waals surface area contributed by atoms with Crippen molar-refractivity contribution in [2.45, 2.75) is 85.1 Å². The van der Waals surface area contributed by atoms with E-state index >= 15 is 0 Å². The minimum atomic E-state index is -0.625. The Hall–Kier alpha value is -1.95. The summed E-state index contributed by atoms with van der Waals surface area (Å²) in [5.74, 6) is -0.350. The first kappa shape index (κ1) is 38.3. The van der Waals surface area contributed by atoms with E-state index in [1.165, 1.54) is 64.5 Å². The standard InChI is InChI=1S/C9H16N2O3.C6H12.C4H9N.C2H7N.C2H6O.C2H2/c1-9(2,3)7(11-6-13)8(14)10-4-5-12;1-2-4-6-5-3-1;1-2-4-5-3-1;1-3-2;1-2-3;1-2/h5-7H,4H2,1-3H3,(H,10,14)(H,11,13);1-6H2;5H,1-4H2;3H,1-2H3;3H,2H2,1H3;1-2H. The van der Waals surface area contributed by atoms with Crippen molar-refractivity contribution in [2.24, 2.45) is 5.41 Å². The van der Waals surface area contributed by atoms with Crippen LogP contribution in [0.3, 0.4) is 0 Å². The van der Waals surface area contributed by atoms with Crippen molar-refractivity contribution in [2.75, 3.05) is 40.3 Å². The number of aldehydes is 1. The normalized spacial score (nSPS) is 14.6. The second kappa shape index (κ2) is 32.2. The average molecular weight is 473 g/mol. The van der Waals surface area contributed by atoms with E-state index in [1.54, 1.807) is 6.92 Å². The molecule has 1 atom stereocenters. The molecule has 2 fully saturated rings. The zero-order valence-electron chi connectivity index (χ0n) is 22.0. The van der Waals surface area contributed by atoms with Crippen LogP contribution in [0.25, 0.3) is 0 Å². The third-order valence-corrected chi connectivity index (χ3v) is 4.18. The molecule has 1 saturated carbocycles. The van der Waals surface area contributed by atoms with Gasteiger partial charge in [0.25, 0.3) is 0 Å². The summed E-state index contributed by atoms with van der Waals surface area (Å²) in [6, 6.07) is -0.625. The quantitative estimate of drug-likeness (QED) is 0.309. The van der Waals surface area contributed by atoms with Crippen LogP contribution in [0.4, 0.5) is 0 Å². The number of carbonyl (C=O) groups is 3. The van der Waals surface area contributed by atoms with Crippen molar-refractivity contribution in [3.63, 3.8) is 0 Å². The summed E-state index contributed by atoms with van der Waals surface area (Å²) >= 11 is 0. The molecule has 0 radical (unpaired) electrons. The molecule has 1 aliphatic heterocycles. The number of rotatable bonds is 5. The highest BCUT2D eigenvalue weighted by molar-refractivity contribution is 5.85. The number of terminal acetylenes is 1. The smallest absolute Gasteiger partial charge is 0.243 e. The minimum absolute atomic E-state index is 0.0358. The highest BCUT2D eigenvalue weighted by Gasteiger charge is 2.30. The van der Waals surface area contributed by atoms with Gasteiger partial charge in [0.1, 0.15) is 12.3 Å². The Morgan fingerprint density at radius 2 is 1.33 bits per heavy atom. The number of hydrogen-bond donors (Lipinski definition) is 5. The molecular weight excluding hydrogens is 420 g/mol. The summed E-state index contributed by atoms with van der Waals surface area (Å²) in [5, 5.41) is 18.4. The average Bonchev–Trinajstić information content (AvgIpc) is 3.39. The minimum Gasteiger partial charge on any atom is -0.397 e. The fraction of sp³-hybridized carbons (Fsp3) is 0.800. The van der Waals surface area contributed by atoms with Crippen molar-refractivity contribution in [1.29, 1.82) is 0 Å². The van der Waals surface area contributed by atoms with E-state index in [0.29, 0.717) is 12.7 Å². The van der Waals surface area contributed by atoms with Gasteiger partial charge in [-0.1, -0.05) is 59.3 Å². The molecule has 33 heavy (non-hydrogen) atoms. The van der Waals surface area contributed by atoms with E-state index in [2.05, 4.69) is 34.1 Å². The van der Waals surface area contributed by atoms with Gasteiger partial charge in [-0.2, -0.15) is 0 Å². The Labute approximate surface area is 203 Å². The highest BCUT2D eigenvalue weighted by atomic mass is 16.2. The molecule has 8 heteroatoms. The second-order valence-electron chi connectivity index (χ2n) is 8.39. The molecule has 2 rings (SSSR count). The highest BCUT2D eigenvalue weighted by Crippen LogP contribution is 2.18. The van der Waals surface area contributed by atoms with Gasteiger partial charge in [0.2, 0.25) is 12.3 Å². The lowest BCUT2D eigenvalue weighted by Gasteiger charge is -2.28. The lowest BCUT2D eigenvalue weighted by molar-refractivity contribution is -0.128. The molecule has 1 heterocycles. The second-order valence-corrected chi connectivity index (χ2v) is 8.39. The van der Waals surface area contributed by atoms with Gasteiger partial charge in [0.05, 0.1) is 6.54 Å². The van der Waals surface area contributed by atoms with Crippen LogP contribution in [-0.4, -0.2) is 70.1 Å². The molecule has 0 aromatic carbocycles. The van der Waals surface area contributed by atoms with Crippen molar-refractivity contribution < 1.29 is 19.5 Å². The Kier molecular flexibility index (Phi) is 37.4. The van der Waals surface area contributed by atoms with Gasteiger partial charge in [-0.05, 0) is 52.4 Å². The maximum Gasteiger partial charge on any atom is 0.243 e. The Bertz CT molecular complexity index is 409. The zero-order valence-corrected chi connectivity index (χ0v) is 22.0. The van der Waals surface area contributed by atoms with Gasteiger partial charge in [0.15, 0.2) is 0 Å². The molecule has 0 bridgehead atoms. The number of amides is 2. The van der Waals surface area contributed by atoms with Crippen molar-refractivity contribution in [3.05, 3.63) is 0 Å². The van der Waals surface area contributed by atoms with Gasteiger partial charge in [0, 0.05) is 6.61 Å². The van der Waals surface area contributed by atoms with Gasteiger partial charge < -0.3 is 31.2 Å². The lowest BCUT2D eigenvalue weighted by Crippen LogP contribution is -2.51. The first-order chi connectivity index (χ1) is 15.8. The number of aliphatic hydroxyl groups is 1. The number of carbonyl (C=O) groups excluding carboxylic acids is 3. The predicted octanol–water partition coefficient (Wildman–Crippen LogP) is 2.26. The number of nitrogens with one attached hydrogen (secondary N) is 4. The maximum atomic E-state index is 11.4. The van der Waals surface area contributed by atoms with Crippen LogP contribution in [0.2, 0.25) is 0 Å². The fourth-order valence-electron chi connectivity index (χ4n) is 2.72.